The number of sulfone groups is 1. The molecule has 11 heteroatoms. The molecule has 2 unspecified atom stereocenters. The second kappa shape index (κ2) is 9.67. The van der Waals surface area contributed by atoms with Gasteiger partial charge in [0.25, 0.3) is 0 Å². The molecule has 2 atom stereocenters. The number of aromatic amines is 1. The Morgan fingerprint density at radius 1 is 1.29 bits per heavy atom. The van der Waals surface area contributed by atoms with Gasteiger partial charge < -0.3 is 20.2 Å². The zero-order valence-electron chi connectivity index (χ0n) is 19.1. The maximum absolute atomic E-state index is 11.7. The van der Waals surface area contributed by atoms with Crippen LogP contribution >= 0.6 is 11.8 Å². The van der Waals surface area contributed by atoms with E-state index < -0.39 is 9.84 Å². The number of ether oxygens (including phenoxy) is 2. The predicted molar refractivity (Wildman–Crippen MR) is 133 cm³/mol. The first kappa shape index (κ1) is 24.1. The molecule has 0 saturated heterocycles. The van der Waals surface area contributed by atoms with Crippen molar-refractivity contribution in [1.29, 1.82) is 0 Å². The Hall–Kier alpha value is -3.05. The number of rotatable bonds is 9. The van der Waals surface area contributed by atoms with Crippen molar-refractivity contribution in [2.24, 2.45) is 10.7 Å². The van der Waals surface area contributed by atoms with Gasteiger partial charge in [-0.3, -0.25) is 9.79 Å². The molecule has 4 rings (SSSR count). The zero-order chi connectivity index (χ0) is 24.5. The quantitative estimate of drug-likeness (QED) is 0.455. The molecular weight excluding hydrogens is 476 g/mol. The topological polar surface area (TPSA) is 137 Å². The van der Waals surface area contributed by atoms with E-state index in [2.05, 4.69) is 15.0 Å². The minimum Gasteiger partial charge on any atom is -0.488 e. The van der Waals surface area contributed by atoms with E-state index in [0.717, 1.165) is 34.3 Å². The molecule has 180 valence electrons. The van der Waals surface area contributed by atoms with Gasteiger partial charge >= 0.3 is 0 Å². The van der Waals surface area contributed by atoms with Gasteiger partial charge in [0.05, 0.1) is 30.1 Å². The number of nitrogens with one attached hydrogen (secondary N) is 1. The van der Waals surface area contributed by atoms with Crippen molar-refractivity contribution in [2.75, 3.05) is 12.8 Å². The maximum atomic E-state index is 11.7. The molecule has 1 aliphatic rings. The largest absolute Gasteiger partial charge is 0.488 e. The number of H-pyrrole nitrogens is 1. The summed E-state index contributed by atoms with van der Waals surface area (Å²) in [6.45, 7) is 4.57. The number of carbonyl (C=O) groups excluding carboxylic acids is 1. The van der Waals surface area contributed by atoms with Crippen molar-refractivity contribution in [2.45, 2.75) is 43.1 Å². The highest BCUT2D eigenvalue weighted by molar-refractivity contribution is 8.15. The number of aromatic nitrogens is 2. The SMILES string of the molecule is CCC(C)Oc1cc(Oc2ccc(S(C)(=O)=O)nc2)cc2cc(C3=NCC(CC(N)=O)S3)[nH]c12. The Bertz CT molecular complexity index is 1350. The fraction of sp³-hybridized carbons (Fsp3) is 0.348. The van der Waals surface area contributed by atoms with Crippen LogP contribution in [0.5, 0.6) is 17.2 Å². The lowest BCUT2D eigenvalue weighted by molar-refractivity contribution is -0.117. The van der Waals surface area contributed by atoms with Crippen molar-refractivity contribution in [1.82, 2.24) is 9.97 Å². The first-order chi connectivity index (χ1) is 16.1. The number of hydrogen-bond acceptors (Lipinski definition) is 8. The first-order valence-corrected chi connectivity index (χ1v) is 13.6. The fourth-order valence-corrected chi connectivity index (χ4v) is 5.09. The van der Waals surface area contributed by atoms with Crippen molar-refractivity contribution in [3.63, 3.8) is 0 Å². The summed E-state index contributed by atoms with van der Waals surface area (Å²) in [7, 11) is -3.39. The van der Waals surface area contributed by atoms with Crippen LogP contribution in [0.1, 0.15) is 32.4 Å². The van der Waals surface area contributed by atoms with E-state index in [1.165, 1.54) is 24.0 Å². The van der Waals surface area contributed by atoms with Crippen LogP contribution in [0.2, 0.25) is 0 Å². The molecule has 2 aromatic heterocycles. The smallest absolute Gasteiger partial charge is 0.218 e. The van der Waals surface area contributed by atoms with E-state index in [9.17, 15) is 13.2 Å². The van der Waals surface area contributed by atoms with E-state index in [1.807, 2.05) is 26.0 Å². The Morgan fingerprint density at radius 2 is 2.09 bits per heavy atom. The zero-order valence-corrected chi connectivity index (χ0v) is 20.7. The van der Waals surface area contributed by atoms with Gasteiger partial charge in [-0.2, -0.15) is 0 Å². The van der Waals surface area contributed by atoms with Crippen molar-refractivity contribution >= 4 is 43.5 Å². The standard InChI is InChI=1S/C23H26N4O5S2/c1-4-13(2)31-19-9-16(32-15-5-6-21(25-11-15)34(3,29)30)7-14-8-18(27-22(14)19)23-26-12-17(33-23)10-20(24)28/h5-9,11,13,17,27H,4,10,12H2,1-3H3,(H2,24,28). The van der Waals surface area contributed by atoms with E-state index in [1.54, 1.807) is 12.1 Å². The summed E-state index contributed by atoms with van der Waals surface area (Å²) >= 11 is 1.53. The number of carbonyl (C=O) groups is 1. The van der Waals surface area contributed by atoms with Crippen LogP contribution < -0.4 is 15.2 Å². The molecule has 0 fully saturated rings. The molecular formula is C23H26N4O5S2. The second-order valence-corrected chi connectivity index (χ2v) is 11.4. The van der Waals surface area contributed by atoms with Crippen molar-refractivity contribution in [3.05, 3.63) is 42.2 Å². The summed E-state index contributed by atoms with van der Waals surface area (Å²) in [5.74, 6) is 1.22. The Labute approximate surface area is 202 Å². The number of pyridine rings is 1. The van der Waals surface area contributed by atoms with Crippen LogP contribution in [0.3, 0.4) is 0 Å². The van der Waals surface area contributed by atoms with Crippen molar-refractivity contribution in [3.8, 4) is 17.2 Å². The molecule has 1 aliphatic heterocycles. The molecule has 0 bridgehead atoms. The highest BCUT2D eigenvalue weighted by Crippen LogP contribution is 2.36. The summed E-state index contributed by atoms with van der Waals surface area (Å²) in [5.41, 5.74) is 6.98. The predicted octanol–water partition coefficient (Wildman–Crippen LogP) is 3.67. The normalized spacial score (nSPS) is 16.9. The summed E-state index contributed by atoms with van der Waals surface area (Å²) in [5, 5.41) is 1.71. The van der Waals surface area contributed by atoms with Gasteiger partial charge in [-0.25, -0.2) is 13.4 Å². The van der Waals surface area contributed by atoms with Gasteiger partial charge in [0.15, 0.2) is 14.9 Å². The lowest BCUT2D eigenvalue weighted by Gasteiger charge is -2.15. The number of benzene rings is 1. The first-order valence-electron chi connectivity index (χ1n) is 10.8. The molecule has 0 spiro atoms. The summed E-state index contributed by atoms with van der Waals surface area (Å²) < 4.78 is 35.4. The Morgan fingerprint density at radius 3 is 2.74 bits per heavy atom. The highest BCUT2D eigenvalue weighted by Gasteiger charge is 2.24. The highest BCUT2D eigenvalue weighted by atomic mass is 32.2. The Kier molecular flexibility index (Phi) is 6.85. The lowest BCUT2D eigenvalue weighted by atomic mass is 10.2. The van der Waals surface area contributed by atoms with Gasteiger partial charge in [0.1, 0.15) is 22.3 Å². The van der Waals surface area contributed by atoms with Crippen LogP contribution in [-0.2, 0) is 14.6 Å². The lowest BCUT2D eigenvalue weighted by Crippen LogP contribution is -2.18. The molecule has 3 heterocycles. The van der Waals surface area contributed by atoms with E-state index in [0.29, 0.717) is 23.8 Å². The summed E-state index contributed by atoms with van der Waals surface area (Å²) in [4.78, 5) is 23.2. The number of aliphatic imine (C=N–C) groups is 1. The van der Waals surface area contributed by atoms with E-state index in [4.69, 9.17) is 15.2 Å². The fourth-order valence-electron chi connectivity index (χ4n) is 3.43. The number of nitrogens with two attached hydrogens (primary N) is 1. The van der Waals surface area contributed by atoms with Crippen LogP contribution in [-0.4, -0.2) is 53.5 Å². The molecule has 34 heavy (non-hydrogen) atoms. The number of primary amides is 1. The molecule has 0 saturated carbocycles. The number of amides is 1. The van der Waals surface area contributed by atoms with Gasteiger partial charge in [0, 0.05) is 29.4 Å². The molecule has 1 aromatic carbocycles. The second-order valence-electron chi connectivity index (χ2n) is 8.17. The van der Waals surface area contributed by atoms with Crippen LogP contribution in [0.4, 0.5) is 0 Å². The third kappa shape index (κ3) is 5.53. The number of nitrogens with zero attached hydrogens (tertiary/aromatic N) is 2. The molecule has 3 aromatic rings. The molecule has 0 radical (unpaired) electrons. The monoisotopic (exact) mass is 502 g/mol. The molecule has 0 aliphatic carbocycles. The minimum atomic E-state index is -3.39. The van der Waals surface area contributed by atoms with Gasteiger partial charge in [-0.1, -0.05) is 18.7 Å². The van der Waals surface area contributed by atoms with Crippen LogP contribution in [0.25, 0.3) is 10.9 Å². The average Bonchev–Trinajstić information content (AvgIpc) is 3.40. The van der Waals surface area contributed by atoms with Gasteiger partial charge in [0.2, 0.25) is 5.91 Å². The number of hydrogen-bond donors (Lipinski definition) is 2. The van der Waals surface area contributed by atoms with E-state index >= 15 is 0 Å². The molecule has 3 N–H and O–H groups in total. The summed E-state index contributed by atoms with van der Waals surface area (Å²) in [6.07, 6.45) is 3.58. The number of thioether (sulfide) groups is 1. The number of fused-ring (bicyclic) bond motifs is 1. The van der Waals surface area contributed by atoms with Gasteiger partial charge in [-0.15, -0.1) is 0 Å². The molecule has 9 nitrogen and oxygen atoms in total. The Balaban J connectivity index is 1.65. The third-order valence-electron chi connectivity index (χ3n) is 5.27. The summed E-state index contributed by atoms with van der Waals surface area (Å²) in [6, 6.07) is 8.60. The average molecular weight is 503 g/mol. The van der Waals surface area contributed by atoms with Crippen LogP contribution in [0.15, 0.2) is 46.5 Å². The van der Waals surface area contributed by atoms with E-state index in [-0.39, 0.29) is 28.7 Å². The minimum absolute atomic E-state index is 0.0148. The maximum Gasteiger partial charge on any atom is 0.218 e. The third-order valence-corrected chi connectivity index (χ3v) is 7.49. The molecule has 1 amide bonds. The van der Waals surface area contributed by atoms with Gasteiger partial charge in [-0.05, 0) is 37.6 Å². The van der Waals surface area contributed by atoms with Crippen molar-refractivity contribution < 1.29 is 22.7 Å². The van der Waals surface area contributed by atoms with Crippen LogP contribution in [0, 0.1) is 0 Å².